The molecule has 21 heavy (non-hydrogen) atoms. The maximum atomic E-state index is 12.4. The van der Waals surface area contributed by atoms with Crippen LogP contribution >= 0.6 is 0 Å². The van der Waals surface area contributed by atoms with Crippen molar-refractivity contribution in [3.8, 4) is 0 Å². The highest BCUT2D eigenvalue weighted by atomic mass is 16.5. The highest BCUT2D eigenvalue weighted by Crippen LogP contribution is 2.13. The summed E-state index contributed by atoms with van der Waals surface area (Å²) in [7, 11) is 1.77. The van der Waals surface area contributed by atoms with Gasteiger partial charge in [-0.1, -0.05) is 13.3 Å². The van der Waals surface area contributed by atoms with E-state index in [0.717, 1.165) is 18.5 Å². The van der Waals surface area contributed by atoms with Gasteiger partial charge in [0.1, 0.15) is 5.82 Å². The molecule has 0 aliphatic rings. The normalized spacial score (nSPS) is 10.8. The second kappa shape index (κ2) is 8.59. The first kappa shape index (κ1) is 17.4. The molecule has 1 aromatic rings. The van der Waals surface area contributed by atoms with Gasteiger partial charge in [-0.2, -0.15) is 0 Å². The third-order valence-corrected chi connectivity index (χ3v) is 3.00. The van der Waals surface area contributed by atoms with Gasteiger partial charge in [0.25, 0.3) is 5.91 Å². The molecule has 0 saturated carbocycles. The van der Waals surface area contributed by atoms with Crippen LogP contribution in [0.1, 0.15) is 43.2 Å². The lowest BCUT2D eigenvalue weighted by Crippen LogP contribution is -2.31. The molecule has 0 saturated heterocycles. The Morgan fingerprint density at radius 3 is 2.76 bits per heavy atom. The molecular weight excluding hydrogens is 268 g/mol. The summed E-state index contributed by atoms with van der Waals surface area (Å²) >= 11 is 0. The maximum Gasteiger partial charge on any atom is 0.253 e. The highest BCUT2D eigenvalue weighted by molar-refractivity contribution is 5.94. The summed E-state index contributed by atoms with van der Waals surface area (Å²) < 4.78 is 5.47. The molecular formula is C15H26N4O2. The second-order valence-electron chi connectivity index (χ2n) is 5.27. The number of likely N-dealkylation sites (N-methyl/N-ethyl adjacent to an activating group) is 1. The molecule has 1 heterocycles. The van der Waals surface area contributed by atoms with Crippen LogP contribution < -0.4 is 11.3 Å². The van der Waals surface area contributed by atoms with Gasteiger partial charge in [-0.15, -0.1) is 0 Å². The predicted octanol–water partition coefficient (Wildman–Crippen LogP) is 1.82. The number of nitrogens with two attached hydrogens (primary N) is 1. The van der Waals surface area contributed by atoms with Gasteiger partial charge in [0.15, 0.2) is 0 Å². The fraction of sp³-hybridized carbons (Fsp3) is 0.600. The van der Waals surface area contributed by atoms with Crippen molar-refractivity contribution in [1.29, 1.82) is 0 Å². The van der Waals surface area contributed by atoms with E-state index >= 15 is 0 Å². The molecule has 1 rings (SSSR count). The van der Waals surface area contributed by atoms with Crippen LogP contribution in [0.4, 0.5) is 5.82 Å². The zero-order valence-electron chi connectivity index (χ0n) is 13.3. The van der Waals surface area contributed by atoms with E-state index in [0.29, 0.717) is 24.5 Å². The molecule has 0 spiro atoms. The second-order valence-corrected chi connectivity index (χ2v) is 5.27. The minimum absolute atomic E-state index is 0.0568. The number of nitrogens with zero attached hydrogens (tertiary/aromatic N) is 2. The molecule has 0 aliphatic heterocycles. The third-order valence-electron chi connectivity index (χ3n) is 3.00. The number of nitrogens with one attached hydrogen (secondary N) is 1. The topological polar surface area (TPSA) is 80.5 Å². The lowest BCUT2D eigenvalue weighted by Gasteiger charge is -2.19. The van der Waals surface area contributed by atoms with Crippen molar-refractivity contribution in [1.82, 2.24) is 9.88 Å². The van der Waals surface area contributed by atoms with Gasteiger partial charge in [-0.05, 0) is 32.4 Å². The molecule has 1 aromatic heterocycles. The van der Waals surface area contributed by atoms with Gasteiger partial charge in [0.2, 0.25) is 0 Å². The third kappa shape index (κ3) is 5.69. The number of nitrogen functional groups attached to an aromatic ring is 1. The summed E-state index contributed by atoms with van der Waals surface area (Å²) in [6.45, 7) is 7.09. The number of pyridine rings is 1. The monoisotopic (exact) mass is 294 g/mol. The molecule has 6 nitrogen and oxygen atoms in total. The lowest BCUT2D eigenvalue weighted by atomic mass is 10.1. The Balaban J connectivity index is 2.77. The van der Waals surface area contributed by atoms with Gasteiger partial charge in [0.05, 0.1) is 12.7 Å². The van der Waals surface area contributed by atoms with Crippen LogP contribution in [0.3, 0.4) is 0 Å². The number of hydrogen-bond acceptors (Lipinski definition) is 5. The molecule has 0 atom stereocenters. The molecule has 3 N–H and O–H groups in total. The van der Waals surface area contributed by atoms with Crippen LogP contribution in [0, 0.1) is 0 Å². The number of aryl methyl sites for hydroxylation is 1. The lowest BCUT2D eigenvalue weighted by molar-refractivity contribution is 0.0532. The van der Waals surface area contributed by atoms with Crippen molar-refractivity contribution in [3.05, 3.63) is 23.4 Å². The van der Waals surface area contributed by atoms with Crippen LogP contribution in [-0.4, -0.2) is 42.1 Å². The summed E-state index contributed by atoms with van der Waals surface area (Å²) in [5, 5.41) is 0. The van der Waals surface area contributed by atoms with Crippen LogP contribution in [0.15, 0.2) is 12.1 Å². The standard InChI is InChI=1S/C15H26N4O2/c1-5-6-13-9-12(10-14(17-13)18-16)15(20)19(4)7-8-21-11(2)3/h9-11H,5-8,16H2,1-4H3,(H,17,18). The van der Waals surface area contributed by atoms with Crippen molar-refractivity contribution in [3.63, 3.8) is 0 Å². The van der Waals surface area contributed by atoms with Gasteiger partial charge in [0, 0.05) is 24.8 Å². The number of anilines is 1. The quantitative estimate of drug-likeness (QED) is 0.564. The molecule has 1 amide bonds. The molecule has 0 bridgehead atoms. The van der Waals surface area contributed by atoms with Crippen molar-refractivity contribution >= 4 is 11.7 Å². The van der Waals surface area contributed by atoms with Crippen molar-refractivity contribution < 1.29 is 9.53 Å². The zero-order chi connectivity index (χ0) is 15.8. The average Bonchev–Trinajstić information content (AvgIpc) is 2.45. The molecule has 0 aliphatic carbocycles. The summed E-state index contributed by atoms with van der Waals surface area (Å²) in [6, 6.07) is 3.49. The smallest absolute Gasteiger partial charge is 0.253 e. The molecule has 118 valence electrons. The van der Waals surface area contributed by atoms with Crippen LogP contribution in [0.5, 0.6) is 0 Å². The Morgan fingerprint density at radius 1 is 1.48 bits per heavy atom. The number of ether oxygens (including phenoxy) is 1. The van der Waals surface area contributed by atoms with E-state index in [1.807, 2.05) is 19.9 Å². The number of amides is 1. The Morgan fingerprint density at radius 2 is 2.19 bits per heavy atom. The average molecular weight is 294 g/mol. The first-order valence-corrected chi connectivity index (χ1v) is 7.32. The molecule has 0 fully saturated rings. The minimum Gasteiger partial charge on any atom is -0.377 e. The Labute approximate surface area is 126 Å². The van der Waals surface area contributed by atoms with E-state index < -0.39 is 0 Å². The van der Waals surface area contributed by atoms with Crippen molar-refractivity contribution in [2.75, 3.05) is 25.6 Å². The predicted molar refractivity (Wildman–Crippen MR) is 84.1 cm³/mol. The summed E-state index contributed by atoms with van der Waals surface area (Å²) in [5.74, 6) is 5.87. The first-order valence-electron chi connectivity index (χ1n) is 7.32. The minimum atomic E-state index is -0.0568. The number of hydrazine groups is 1. The van der Waals surface area contributed by atoms with E-state index in [1.54, 1.807) is 18.0 Å². The molecule has 0 unspecified atom stereocenters. The van der Waals surface area contributed by atoms with E-state index in [9.17, 15) is 4.79 Å². The summed E-state index contributed by atoms with van der Waals surface area (Å²) in [4.78, 5) is 18.4. The summed E-state index contributed by atoms with van der Waals surface area (Å²) in [5.41, 5.74) is 3.97. The fourth-order valence-corrected chi connectivity index (χ4v) is 1.92. The van der Waals surface area contributed by atoms with E-state index in [1.165, 1.54) is 0 Å². The van der Waals surface area contributed by atoms with Crippen molar-refractivity contribution in [2.24, 2.45) is 5.84 Å². The molecule has 6 heteroatoms. The fourth-order valence-electron chi connectivity index (χ4n) is 1.92. The highest BCUT2D eigenvalue weighted by Gasteiger charge is 2.14. The van der Waals surface area contributed by atoms with Gasteiger partial charge < -0.3 is 15.1 Å². The Kier molecular flexibility index (Phi) is 7.11. The summed E-state index contributed by atoms with van der Waals surface area (Å²) in [6.07, 6.45) is 1.95. The van der Waals surface area contributed by atoms with Gasteiger partial charge in [-0.25, -0.2) is 10.8 Å². The first-order chi connectivity index (χ1) is 9.97. The van der Waals surface area contributed by atoms with Gasteiger partial charge >= 0.3 is 0 Å². The largest absolute Gasteiger partial charge is 0.377 e. The number of rotatable bonds is 8. The zero-order valence-corrected chi connectivity index (χ0v) is 13.3. The Hall–Kier alpha value is -1.66. The number of hydrogen-bond donors (Lipinski definition) is 2. The van der Waals surface area contributed by atoms with E-state index in [2.05, 4.69) is 17.3 Å². The van der Waals surface area contributed by atoms with E-state index in [-0.39, 0.29) is 12.0 Å². The Bertz CT molecular complexity index is 463. The van der Waals surface area contributed by atoms with Crippen LogP contribution in [0.25, 0.3) is 0 Å². The van der Waals surface area contributed by atoms with Crippen LogP contribution in [0.2, 0.25) is 0 Å². The van der Waals surface area contributed by atoms with Gasteiger partial charge in [-0.3, -0.25) is 4.79 Å². The number of carbonyl (C=O) groups excluding carboxylic acids is 1. The maximum absolute atomic E-state index is 12.4. The van der Waals surface area contributed by atoms with Crippen molar-refractivity contribution in [2.45, 2.75) is 39.7 Å². The SMILES string of the molecule is CCCc1cc(C(=O)N(C)CCOC(C)C)cc(NN)n1. The van der Waals surface area contributed by atoms with Crippen LogP contribution in [-0.2, 0) is 11.2 Å². The number of carbonyl (C=O) groups is 1. The number of aromatic nitrogens is 1. The molecule has 0 radical (unpaired) electrons. The van der Waals surface area contributed by atoms with E-state index in [4.69, 9.17) is 10.6 Å². The molecule has 0 aromatic carbocycles.